The first kappa shape index (κ1) is 27.5. The van der Waals surface area contributed by atoms with Gasteiger partial charge in [-0.15, -0.1) is 5.10 Å². The van der Waals surface area contributed by atoms with E-state index >= 15 is 0 Å². The summed E-state index contributed by atoms with van der Waals surface area (Å²) in [4.78, 5) is 18.0. The van der Waals surface area contributed by atoms with Gasteiger partial charge in [-0.25, -0.2) is 0 Å². The zero-order valence-corrected chi connectivity index (χ0v) is 24.0. The van der Waals surface area contributed by atoms with Gasteiger partial charge in [0.05, 0.1) is 30.4 Å². The van der Waals surface area contributed by atoms with E-state index in [0.29, 0.717) is 35.4 Å². The van der Waals surface area contributed by atoms with Gasteiger partial charge in [0, 0.05) is 63.6 Å². The van der Waals surface area contributed by atoms with Crippen molar-refractivity contribution < 1.29 is 13.9 Å². The molecule has 0 N–H and O–H groups in total. The molecule has 1 aliphatic heterocycles. The average Bonchev–Trinajstić information content (AvgIpc) is 3.47. The molecule has 2 aromatic heterocycles. The summed E-state index contributed by atoms with van der Waals surface area (Å²) in [6.45, 7) is 8.19. The molecule has 9 nitrogen and oxygen atoms in total. The number of methoxy groups -OCH3 is 1. The van der Waals surface area contributed by atoms with E-state index in [0.717, 1.165) is 56.2 Å². The molecule has 3 aromatic carbocycles. The van der Waals surface area contributed by atoms with Crippen LogP contribution in [-0.4, -0.2) is 59.8 Å². The van der Waals surface area contributed by atoms with Crippen molar-refractivity contribution in [3.05, 3.63) is 101 Å². The molecule has 0 saturated carbocycles. The maximum atomic E-state index is 13.1. The lowest BCUT2D eigenvalue weighted by molar-refractivity contribution is 0.247. The minimum atomic E-state index is -0.0805. The topological polar surface area (TPSA) is 85.9 Å². The number of hydrogen-bond acceptors (Lipinski definition) is 8. The Bertz CT molecular complexity index is 1700. The van der Waals surface area contributed by atoms with Gasteiger partial charge in [-0.2, -0.15) is 0 Å². The fraction of sp³-hybridized carbons (Fsp3) is 0.303. The number of nitrogens with zero attached hydrogens (tertiary/aromatic N) is 5. The van der Waals surface area contributed by atoms with Crippen LogP contribution in [0.15, 0.2) is 88.4 Å². The summed E-state index contributed by atoms with van der Waals surface area (Å²) in [5.74, 6) is 1.39. The van der Waals surface area contributed by atoms with Crippen LogP contribution in [0.5, 0.6) is 11.5 Å². The molecule has 1 aliphatic rings. The Morgan fingerprint density at radius 3 is 2.55 bits per heavy atom. The van der Waals surface area contributed by atoms with Crippen molar-refractivity contribution in [1.29, 1.82) is 0 Å². The van der Waals surface area contributed by atoms with Gasteiger partial charge in [0.1, 0.15) is 23.3 Å². The van der Waals surface area contributed by atoms with Crippen molar-refractivity contribution in [2.24, 2.45) is 0 Å². The third kappa shape index (κ3) is 6.31. The number of fused-ring (bicyclic) bond motifs is 1. The van der Waals surface area contributed by atoms with E-state index in [9.17, 15) is 4.79 Å². The van der Waals surface area contributed by atoms with Gasteiger partial charge < -0.3 is 18.8 Å². The van der Waals surface area contributed by atoms with E-state index in [-0.39, 0.29) is 5.43 Å². The lowest BCUT2D eigenvalue weighted by atomic mass is 10.1. The van der Waals surface area contributed by atoms with Crippen molar-refractivity contribution in [2.45, 2.75) is 26.4 Å². The predicted octanol–water partition coefficient (Wildman–Crippen LogP) is 5.16. The van der Waals surface area contributed by atoms with Gasteiger partial charge in [-0.3, -0.25) is 14.4 Å². The average molecular weight is 566 g/mol. The predicted molar refractivity (Wildman–Crippen MR) is 163 cm³/mol. The van der Waals surface area contributed by atoms with Gasteiger partial charge in [0.25, 0.3) is 0 Å². The fourth-order valence-corrected chi connectivity index (χ4v) is 5.32. The molecule has 6 rings (SSSR count). The zero-order chi connectivity index (χ0) is 28.9. The van der Waals surface area contributed by atoms with Gasteiger partial charge in [-0.1, -0.05) is 29.5 Å². The highest BCUT2D eigenvalue weighted by atomic mass is 16.5. The molecule has 0 spiro atoms. The summed E-state index contributed by atoms with van der Waals surface area (Å²) < 4.78 is 18.8. The molecule has 0 aliphatic carbocycles. The maximum Gasteiger partial charge on any atom is 0.200 e. The van der Waals surface area contributed by atoms with Gasteiger partial charge >= 0.3 is 0 Å². The van der Waals surface area contributed by atoms with Crippen molar-refractivity contribution in [1.82, 2.24) is 19.9 Å². The second-order valence-corrected chi connectivity index (χ2v) is 10.6. The largest absolute Gasteiger partial charge is 0.497 e. The van der Waals surface area contributed by atoms with Crippen molar-refractivity contribution >= 4 is 16.7 Å². The number of benzene rings is 3. The molecular weight excluding hydrogens is 530 g/mol. The first-order valence-corrected chi connectivity index (χ1v) is 14.3. The van der Waals surface area contributed by atoms with Gasteiger partial charge in [-0.05, 0) is 54.4 Å². The van der Waals surface area contributed by atoms with Crippen LogP contribution in [-0.2, 0) is 13.1 Å². The number of aryl methyl sites for hydroxylation is 2. The smallest absolute Gasteiger partial charge is 0.200 e. The number of aromatic nitrogens is 3. The molecule has 1 saturated heterocycles. The zero-order valence-electron chi connectivity index (χ0n) is 24.0. The van der Waals surface area contributed by atoms with E-state index < -0.39 is 0 Å². The minimum absolute atomic E-state index is 0.0805. The van der Waals surface area contributed by atoms with Crippen LogP contribution in [0.1, 0.15) is 17.7 Å². The number of ether oxygens (including phenoxy) is 2. The van der Waals surface area contributed by atoms with Crippen LogP contribution in [0.3, 0.4) is 0 Å². The molecular formula is C33H35N5O4. The summed E-state index contributed by atoms with van der Waals surface area (Å²) in [6, 6.07) is 21.4. The quantitative estimate of drug-likeness (QED) is 0.215. The Morgan fingerprint density at radius 1 is 0.952 bits per heavy atom. The SMILES string of the molecule is COc1ccc(-c2coc3cc(OCCCn4cc(CN5CCN(c6cccc(C)c6)CC5)nn4)ccc3c2=O)cc1. The summed E-state index contributed by atoms with van der Waals surface area (Å²) in [5.41, 5.74) is 5.29. The lowest BCUT2D eigenvalue weighted by Gasteiger charge is -2.35. The van der Waals surface area contributed by atoms with Crippen LogP contribution in [0.2, 0.25) is 0 Å². The second-order valence-electron chi connectivity index (χ2n) is 10.6. The normalized spacial score (nSPS) is 13.9. The van der Waals surface area contributed by atoms with Crippen molar-refractivity contribution in [2.75, 3.05) is 44.8 Å². The standard InChI is InChI=1S/C33H35N5O4/c1-24-5-3-6-27(19-24)37-16-14-36(15-17-37)21-26-22-38(35-34-26)13-4-18-41-29-11-12-30-32(20-29)42-23-31(33(30)39)25-7-9-28(40-2)10-8-25/h3,5-12,19-20,22-23H,4,13-18,21H2,1-2H3. The molecule has 1 fully saturated rings. The highest BCUT2D eigenvalue weighted by molar-refractivity contribution is 5.82. The molecule has 0 unspecified atom stereocenters. The molecule has 42 heavy (non-hydrogen) atoms. The van der Waals surface area contributed by atoms with Gasteiger partial charge in [0.2, 0.25) is 0 Å². The van der Waals surface area contributed by atoms with Crippen LogP contribution in [0.25, 0.3) is 22.1 Å². The number of hydrogen-bond donors (Lipinski definition) is 0. The highest BCUT2D eigenvalue weighted by Gasteiger charge is 2.18. The Hall–Kier alpha value is -4.63. The van der Waals surface area contributed by atoms with E-state index in [1.807, 2.05) is 41.2 Å². The third-order valence-corrected chi connectivity index (χ3v) is 7.66. The third-order valence-electron chi connectivity index (χ3n) is 7.66. The molecule has 216 valence electrons. The molecule has 0 bridgehead atoms. The summed E-state index contributed by atoms with van der Waals surface area (Å²) in [7, 11) is 1.61. The summed E-state index contributed by atoms with van der Waals surface area (Å²) in [6.07, 6.45) is 4.30. The van der Waals surface area contributed by atoms with E-state index in [2.05, 4.69) is 51.3 Å². The Labute approximate surface area is 244 Å². The van der Waals surface area contributed by atoms with Crippen LogP contribution < -0.4 is 19.8 Å². The van der Waals surface area contributed by atoms with E-state index in [4.69, 9.17) is 13.9 Å². The lowest BCUT2D eigenvalue weighted by Crippen LogP contribution is -2.46. The van der Waals surface area contributed by atoms with Crippen LogP contribution >= 0.6 is 0 Å². The van der Waals surface area contributed by atoms with Crippen LogP contribution in [0.4, 0.5) is 5.69 Å². The highest BCUT2D eigenvalue weighted by Crippen LogP contribution is 2.25. The van der Waals surface area contributed by atoms with E-state index in [1.54, 1.807) is 19.2 Å². The number of anilines is 1. The second kappa shape index (κ2) is 12.5. The monoisotopic (exact) mass is 565 g/mol. The Morgan fingerprint density at radius 2 is 1.76 bits per heavy atom. The Balaban J connectivity index is 0.972. The minimum Gasteiger partial charge on any atom is -0.497 e. The molecule has 5 aromatic rings. The Kier molecular flexibility index (Phi) is 8.18. The maximum absolute atomic E-state index is 13.1. The van der Waals surface area contributed by atoms with Crippen molar-refractivity contribution in [3.8, 4) is 22.6 Å². The first-order valence-electron chi connectivity index (χ1n) is 14.3. The molecule has 0 atom stereocenters. The number of rotatable bonds is 10. The molecule has 0 radical (unpaired) electrons. The molecule has 0 amide bonds. The number of piperazine rings is 1. The van der Waals surface area contributed by atoms with Gasteiger partial charge in [0.15, 0.2) is 5.43 Å². The van der Waals surface area contributed by atoms with Crippen LogP contribution in [0, 0.1) is 6.92 Å². The molecule has 3 heterocycles. The summed E-state index contributed by atoms with van der Waals surface area (Å²) >= 11 is 0. The first-order chi connectivity index (χ1) is 20.6. The molecule has 9 heteroatoms. The van der Waals surface area contributed by atoms with E-state index in [1.165, 1.54) is 17.5 Å². The fourth-order valence-electron chi connectivity index (χ4n) is 5.32. The summed E-state index contributed by atoms with van der Waals surface area (Å²) in [5, 5.41) is 9.21. The van der Waals surface area contributed by atoms with Crippen molar-refractivity contribution in [3.63, 3.8) is 0 Å².